The molecule has 1 saturated heterocycles. The Balaban J connectivity index is 1.42. The second kappa shape index (κ2) is 7.30. The molecule has 23 heavy (non-hydrogen) atoms. The number of carbonyl (C=O) groups excluding carboxylic acids is 1. The molecule has 3 atom stereocenters. The van der Waals surface area contributed by atoms with Crippen molar-refractivity contribution in [3.63, 3.8) is 0 Å². The molecule has 1 aliphatic heterocycles. The van der Waals surface area contributed by atoms with Crippen molar-refractivity contribution < 1.29 is 9.53 Å². The van der Waals surface area contributed by atoms with Gasteiger partial charge in [0.2, 0.25) is 5.91 Å². The molecule has 5 nitrogen and oxygen atoms in total. The Morgan fingerprint density at radius 1 is 1.48 bits per heavy atom. The number of carbonyl (C=O) groups is 1. The van der Waals surface area contributed by atoms with Crippen LogP contribution < -0.4 is 15.4 Å². The smallest absolute Gasteiger partial charge is 0.222 e. The van der Waals surface area contributed by atoms with Crippen molar-refractivity contribution in [3.05, 3.63) is 24.0 Å². The molecule has 3 rings (SSSR count). The van der Waals surface area contributed by atoms with Gasteiger partial charge in [0.25, 0.3) is 0 Å². The summed E-state index contributed by atoms with van der Waals surface area (Å²) in [7, 11) is 0. The highest BCUT2D eigenvalue weighted by atomic mass is 16.5. The minimum absolute atomic E-state index is 0.0631. The molecule has 1 saturated carbocycles. The summed E-state index contributed by atoms with van der Waals surface area (Å²) in [6, 6.07) is 2.63. The lowest BCUT2D eigenvalue weighted by Crippen LogP contribution is -2.46. The van der Waals surface area contributed by atoms with E-state index in [0.29, 0.717) is 17.9 Å². The molecule has 1 aromatic rings. The van der Waals surface area contributed by atoms with Crippen LogP contribution in [0.25, 0.3) is 0 Å². The standard InChI is InChI=1S/C18H27N3O2/c1-12(2)18(22)21-5-3-13-8-17(13)14-7-16(10-19-9-14)23-11-15-4-6-20-15/h7,9-10,12-13,15,17,20H,3-6,8,11H2,1-2H3,(H,21,22)/t13-,15+,17+/m1/s1. The van der Waals surface area contributed by atoms with Crippen molar-refractivity contribution in [3.8, 4) is 5.75 Å². The molecule has 0 spiro atoms. The van der Waals surface area contributed by atoms with Crippen molar-refractivity contribution in [1.82, 2.24) is 15.6 Å². The van der Waals surface area contributed by atoms with E-state index >= 15 is 0 Å². The van der Waals surface area contributed by atoms with Gasteiger partial charge in [0.1, 0.15) is 12.4 Å². The molecule has 0 aromatic carbocycles. The number of hydrogen-bond acceptors (Lipinski definition) is 4. The highest BCUT2D eigenvalue weighted by Gasteiger charge is 2.38. The topological polar surface area (TPSA) is 63.2 Å². The van der Waals surface area contributed by atoms with Crippen LogP contribution in [0.1, 0.15) is 44.6 Å². The summed E-state index contributed by atoms with van der Waals surface area (Å²) in [5.41, 5.74) is 1.27. The van der Waals surface area contributed by atoms with Gasteiger partial charge in [-0.1, -0.05) is 13.8 Å². The number of nitrogens with zero attached hydrogens (tertiary/aromatic N) is 1. The Kier molecular flexibility index (Phi) is 5.16. The zero-order chi connectivity index (χ0) is 16.2. The molecular formula is C18H27N3O2. The maximum Gasteiger partial charge on any atom is 0.222 e. The average molecular weight is 317 g/mol. The van der Waals surface area contributed by atoms with Gasteiger partial charge in [-0.05, 0) is 49.3 Å². The van der Waals surface area contributed by atoms with Gasteiger partial charge in [0.15, 0.2) is 0 Å². The number of hydrogen-bond donors (Lipinski definition) is 2. The van der Waals surface area contributed by atoms with Gasteiger partial charge in [0, 0.05) is 24.7 Å². The fourth-order valence-corrected chi connectivity index (χ4v) is 2.96. The number of aromatic nitrogens is 1. The number of amides is 1. The molecule has 1 aromatic heterocycles. The predicted octanol–water partition coefficient (Wildman–Crippen LogP) is 2.09. The van der Waals surface area contributed by atoms with Crippen LogP contribution in [-0.4, -0.2) is 36.6 Å². The molecule has 2 fully saturated rings. The van der Waals surface area contributed by atoms with E-state index in [0.717, 1.165) is 31.9 Å². The van der Waals surface area contributed by atoms with E-state index in [1.165, 1.54) is 18.4 Å². The van der Waals surface area contributed by atoms with Crippen LogP contribution in [0.5, 0.6) is 5.75 Å². The average Bonchev–Trinajstić information content (AvgIpc) is 3.25. The lowest BCUT2D eigenvalue weighted by molar-refractivity contribution is -0.123. The van der Waals surface area contributed by atoms with Crippen LogP contribution in [-0.2, 0) is 4.79 Å². The van der Waals surface area contributed by atoms with Crippen molar-refractivity contribution in [2.24, 2.45) is 11.8 Å². The molecule has 0 unspecified atom stereocenters. The van der Waals surface area contributed by atoms with E-state index in [9.17, 15) is 4.79 Å². The van der Waals surface area contributed by atoms with Gasteiger partial charge in [-0.15, -0.1) is 0 Å². The fraction of sp³-hybridized carbons (Fsp3) is 0.667. The first-order valence-electron chi connectivity index (χ1n) is 8.72. The van der Waals surface area contributed by atoms with E-state index in [-0.39, 0.29) is 11.8 Å². The van der Waals surface area contributed by atoms with E-state index in [2.05, 4.69) is 21.7 Å². The molecule has 1 amide bonds. The molecule has 1 aliphatic carbocycles. The van der Waals surface area contributed by atoms with Crippen molar-refractivity contribution in [2.45, 2.75) is 45.1 Å². The summed E-state index contributed by atoms with van der Waals surface area (Å²) in [6.07, 6.45) is 7.17. The molecule has 0 bridgehead atoms. The first-order valence-corrected chi connectivity index (χ1v) is 8.72. The third-order valence-corrected chi connectivity index (χ3v) is 4.80. The molecule has 5 heteroatoms. The Morgan fingerprint density at radius 2 is 2.30 bits per heavy atom. The molecule has 2 aliphatic rings. The maximum absolute atomic E-state index is 11.6. The maximum atomic E-state index is 11.6. The van der Waals surface area contributed by atoms with Gasteiger partial charge in [-0.2, -0.15) is 0 Å². The van der Waals surface area contributed by atoms with Crippen LogP contribution in [0.2, 0.25) is 0 Å². The summed E-state index contributed by atoms with van der Waals surface area (Å²) in [6.45, 7) is 6.44. The third-order valence-electron chi connectivity index (χ3n) is 4.80. The van der Waals surface area contributed by atoms with Crippen LogP contribution in [0.15, 0.2) is 18.5 Å². The van der Waals surface area contributed by atoms with E-state index in [1.54, 1.807) is 6.20 Å². The Labute approximate surface area is 138 Å². The molecule has 126 valence electrons. The molecule has 0 radical (unpaired) electrons. The summed E-state index contributed by atoms with van der Waals surface area (Å²) >= 11 is 0. The summed E-state index contributed by atoms with van der Waals surface area (Å²) in [5.74, 6) is 2.31. The van der Waals surface area contributed by atoms with Crippen molar-refractivity contribution in [1.29, 1.82) is 0 Å². The normalized spacial score (nSPS) is 25.8. The van der Waals surface area contributed by atoms with Crippen LogP contribution in [0.4, 0.5) is 0 Å². The van der Waals surface area contributed by atoms with Gasteiger partial charge in [-0.25, -0.2) is 0 Å². The lowest BCUT2D eigenvalue weighted by atomic mass is 10.1. The molecule has 2 heterocycles. The summed E-state index contributed by atoms with van der Waals surface area (Å²) < 4.78 is 5.82. The van der Waals surface area contributed by atoms with Gasteiger partial charge < -0.3 is 15.4 Å². The van der Waals surface area contributed by atoms with E-state index in [1.807, 2.05) is 20.0 Å². The minimum atomic E-state index is 0.0631. The quantitative estimate of drug-likeness (QED) is 0.770. The number of nitrogens with one attached hydrogen (secondary N) is 2. The zero-order valence-corrected chi connectivity index (χ0v) is 14.0. The Morgan fingerprint density at radius 3 is 3.00 bits per heavy atom. The number of ether oxygens (including phenoxy) is 1. The highest BCUT2D eigenvalue weighted by molar-refractivity contribution is 5.77. The fourth-order valence-electron chi connectivity index (χ4n) is 2.96. The second-order valence-corrected chi connectivity index (χ2v) is 7.04. The van der Waals surface area contributed by atoms with E-state index in [4.69, 9.17) is 4.74 Å². The van der Waals surface area contributed by atoms with Crippen LogP contribution in [0.3, 0.4) is 0 Å². The SMILES string of the molecule is CC(C)C(=O)NCC[C@@H]1C[C@@H]1c1cncc(OC[C@@H]2CCN2)c1. The first kappa shape index (κ1) is 16.2. The largest absolute Gasteiger partial charge is 0.490 e. The lowest BCUT2D eigenvalue weighted by Gasteiger charge is -2.27. The van der Waals surface area contributed by atoms with Crippen molar-refractivity contribution in [2.75, 3.05) is 19.7 Å². The predicted molar refractivity (Wildman–Crippen MR) is 89.5 cm³/mol. The summed E-state index contributed by atoms with van der Waals surface area (Å²) in [4.78, 5) is 15.9. The first-order chi connectivity index (χ1) is 11.1. The Bertz CT molecular complexity index is 543. The van der Waals surface area contributed by atoms with Gasteiger partial charge in [0.05, 0.1) is 6.20 Å². The second-order valence-electron chi connectivity index (χ2n) is 7.04. The van der Waals surface area contributed by atoms with Gasteiger partial charge in [-0.3, -0.25) is 9.78 Å². The zero-order valence-electron chi connectivity index (χ0n) is 14.0. The van der Waals surface area contributed by atoms with Crippen molar-refractivity contribution >= 4 is 5.91 Å². The highest BCUT2D eigenvalue weighted by Crippen LogP contribution is 2.49. The number of rotatable bonds is 8. The third kappa shape index (κ3) is 4.44. The van der Waals surface area contributed by atoms with Crippen LogP contribution >= 0.6 is 0 Å². The Hall–Kier alpha value is -1.62. The van der Waals surface area contributed by atoms with Crippen LogP contribution in [0, 0.1) is 11.8 Å². The molecular weight excluding hydrogens is 290 g/mol. The minimum Gasteiger partial charge on any atom is -0.490 e. The monoisotopic (exact) mass is 317 g/mol. The number of pyridine rings is 1. The summed E-state index contributed by atoms with van der Waals surface area (Å²) in [5, 5.41) is 6.33. The van der Waals surface area contributed by atoms with E-state index < -0.39 is 0 Å². The molecule has 2 N–H and O–H groups in total. The van der Waals surface area contributed by atoms with Gasteiger partial charge >= 0.3 is 0 Å².